The zero-order valence-electron chi connectivity index (χ0n) is 18.0. The first-order chi connectivity index (χ1) is 15.4. The van der Waals surface area contributed by atoms with E-state index >= 15 is 0 Å². The van der Waals surface area contributed by atoms with Crippen LogP contribution in [0.25, 0.3) is 0 Å². The number of hydrogen-bond acceptors (Lipinski definition) is 9. The first kappa shape index (κ1) is 25.5. The third-order valence-corrected chi connectivity index (χ3v) is 6.28. The highest BCUT2D eigenvalue weighted by Gasteiger charge is 2.26. The summed E-state index contributed by atoms with van der Waals surface area (Å²) in [5.74, 6) is -0.492. The van der Waals surface area contributed by atoms with Crippen molar-refractivity contribution in [1.82, 2.24) is 9.45 Å². The molecule has 176 valence electrons. The number of likely N-dealkylation sites (N-methyl/N-ethyl adjacent to an activating group) is 1. The molecular weight excluding hydrogens is 441 g/mol. The molecule has 0 saturated heterocycles. The molecule has 12 heteroatoms. The Morgan fingerprint density at radius 2 is 2.06 bits per heavy atom. The number of hydrogen-bond donors (Lipinski definition) is 2. The van der Waals surface area contributed by atoms with Crippen LogP contribution in [0.2, 0.25) is 0 Å². The number of pyridine rings is 1. The summed E-state index contributed by atoms with van der Waals surface area (Å²) in [6.45, 7) is 3.10. The van der Waals surface area contributed by atoms with Gasteiger partial charge in [0.1, 0.15) is 11.9 Å². The van der Waals surface area contributed by atoms with E-state index in [4.69, 9.17) is 15.3 Å². The summed E-state index contributed by atoms with van der Waals surface area (Å²) in [6, 6.07) is 9.13. The standard InChI is InChI=1S/C20H28FN5O5S/c1-3-25(10-11-26(30-2)32(28,29)20-6-4-5-9-23-20)19-8-7-16(12-18(19)21)24-14-17(13-22)31-15-27/h4-9,12,15,17,24H,3,10-11,13-14,22H2,1-2H3/t17-/m0/s1. The molecule has 0 fully saturated rings. The largest absolute Gasteiger partial charge is 0.461 e. The fourth-order valence-corrected chi connectivity index (χ4v) is 4.11. The van der Waals surface area contributed by atoms with Gasteiger partial charge in [0, 0.05) is 31.5 Å². The SMILES string of the molecule is CCN(CCN(OC)S(=O)(=O)c1ccccn1)c1ccc(NC[C@H](CN)OC=O)cc1F. The molecule has 0 radical (unpaired) electrons. The Labute approximate surface area is 187 Å². The Balaban J connectivity index is 2.07. The highest BCUT2D eigenvalue weighted by atomic mass is 32.2. The normalized spacial score (nSPS) is 12.4. The Hall–Kier alpha value is -2.80. The van der Waals surface area contributed by atoms with Gasteiger partial charge in [-0.3, -0.25) is 9.63 Å². The van der Waals surface area contributed by atoms with Crippen LogP contribution < -0.4 is 16.0 Å². The highest BCUT2D eigenvalue weighted by molar-refractivity contribution is 7.88. The maximum absolute atomic E-state index is 14.8. The minimum Gasteiger partial charge on any atom is -0.461 e. The molecule has 0 amide bonds. The Morgan fingerprint density at radius 1 is 1.28 bits per heavy atom. The van der Waals surface area contributed by atoms with Gasteiger partial charge in [0.2, 0.25) is 0 Å². The number of halogens is 1. The average Bonchev–Trinajstić information content (AvgIpc) is 2.80. The third-order valence-electron chi connectivity index (χ3n) is 4.64. The number of benzene rings is 1. The van der Waals surface area contributed by atoms with Crippen LogP contribution in [-0.4, -0.2) is 70.3 Å². The number of carbonyl (C=O) groups is 1. The van der Waals surface area contributed by atoms with Crippen molar-refractivity contribution >= 4 is 27.9 Å². The van der Waals surface area contributed by atoms with Crippen LogP contribution in [0.3, 0.4) is 0 Å². The predicted octanol–water partition coefficient (Wildman–Crippen LogP) is 1.21. The lowest BCUT2D eigenvalue weighted by Gasteiger charge is -2.27. The molecule has 1 heterocycles. The van der Waals surface area contributed by atoms with E-state index in [1.54, 1.807) is 29.2 Å². The van der Waals surface area contributed by atoms with Gasteiger partial charge in [-0.15, -0.1) is 0 Å². The van der Waals surface area contributed by atoms with Gasteiger partial charge >= 0.3 is 0 Å². The number of aromatic nitrogens is 1. The summed E-state index contributed by atoms with van der Waals surface area (Å²) in [6.07, 6.45) is 0.855. The van der Waals surface area contributed by atoms with Crippen molar-refractivity contribution in [2.75, 3.05) is 50.1 Å². The number of ether oxygens (including phenoxy) is 1. The molecule has 1 atom stereocenters. The Morgan fingerprint density at radius 3 is 2.62 bits per heavy atom. The van der Waals surface area contributed by atoms with Crippen molar-refractivity contribution in [3.63, 3.8) is 0 Å². The molecule has 0 aliphatic heterocycles. The van der Waals surface area contributed by atoms with Gasteiger partial charge in [-0.1, -0.05) is 10.5 Å². The molecule has 0 aliphatic carbocycles. The van der Waals surface area contributed by atoms with E-state index in [-0.39, 0.29) is 31.2 Å². The molecule has 1 aromatic carbocycles. The lowest BCUT2D eigenvalue weighted by atomic mass is 10.2. The quantitative estimate of drug-likeness (QED) is 0.310. The van der Waals surface area contributed by atoms with Gasteiger partial charge in [0.05, 0.1) is 25.9 Å². The van der Waals surface area contributed by atoms with Crippen molar-refractivity contribution in [2.45, 2.75) is 18.1 Å². The van der Waals surface area contributed by atoms with E-state index in [0.717, 1.165) is 4.47 Å². The minimum absolute atomic E-state index is 0.0378. The minimum atomic E-state index is -3.95. The van der Waals surface area contributed by atoms with Gasteiger partial charge in [-0.05, 0) is 37.3 Å². The molecule has 32 heavy (non-hydrogen) atoms. The second-order valence-corrected chi connectivity index (χ2v) is 8.37. The number of nitrogens with one attached hydrogen (secondary N) is 1. The highest BCUT2D eigenvalue weighted by Crippen LogP contribution is 2.23. The molecular formula is C20H28FN5O5S. The van der Waals surface area contributed by atoms with E-state index in [2.05, 4.69) is 10.3 Å². The number of hydroxylamine groups is 1. The van der Waals surface area contributed by atoms with Crippen molar-refractivity contribution in [3.8, 4) is 0 Å². The van der Waals surface area contributed by atoms with Crippen LogP contribution >= 0.6 is 0 Å². The zero-order chi connectivity index (χ0) is 23.6. The summed E-state index contributed by atoms with van der Waals surface area (Å²) in [5.41, 5.74) is 6.31. The monoisotopic (exact) mass is 469 g/mol. The number of sulfonamides is 1. The molecule has 1 aromatic heterocycles. The summed E-state index contributed by atoms with van der Waals surface area (Å²) >= 11 is 0. The van der Waals surface area contributed by atoms with Crippen LogP contribution in [0.1, 0.15) is 6.92 Å². The predicted molar refractivity (Wildman–Crippen MR) is 118 cm³/mol. The molecule has 10 nitrogen and oxygen atoms in total. The fraction of sp³-hybridized carbons (Fsp3) is 0.400. The molecule has 0 spiro atoms. The van der Waals surface area contributed by atoms with Gasteiger partial charge in [-0.25, -0.2) is 17.8 Å². The lowest BCUT2D eigenvalue weighted by molar-refractivity contribution is -0.132. The van der Waals surface area contributed by atoms with E-state index < -0.39 is 21.9 Å². The summed E-state index contributed by atoms with van der Waals surface area (Å²) in [5, 5.41) is 2.83. The van der Waals surface area contributed by atoms with E-state index in [0.29, 0.717) is 24.4 Å². The molecule has 3 N–H and O–H groups in total. The number of nitrogens with zero attached hydrogens (tertiary/aromatic N) is 3. The van der Waals surface area contributed by atoms with Gasteiger partial charge in [-0.2, -0.15) is 0 Å². The van der Waals surface area contributed by atoms with E-state index in [1.165, 1.54) is 25.4 Å². The van der Waals surface area contributed by atoms with E-state index in [9.17, 15) is 17.6 Å². The van der Waals surface area contributed by atoms with Crippen molar-refractivity contribution in [2.24, 2.45) is 5.73 Å². The van der Waals surface area contributed by atoms with E-state index in [1.807, 2.05) is 6.92 Å². The van der Waals surface area contributed by atoms with Crippen molar-refractivity contribution in [1.29, 1.82) is 0 Å². The maximum atomic E-state index is 14.8. The van der Waals surface area contributed by atoms with Crippen LogP contribution in [0.4, 0.5) is 15.8 Å². The van der Waals surface area contributed by atoms with Crippen LogP contribution in [0.5, 0.6) is 0 Å². The van der Waals surface area contributed by atoms with Gasteiger partial charge in [0.15, 0.2) is 5.03 Å². The molecule has 2 rings (SSSR count). The van der Waals surface area contributed by atoms with Gasteiger partial charge < -0.3 is 20.7 Å². The molecule has 0 bridgehead atoms. The Bertz CT molecular complexity index is 964. The molecule has 0 unspecified atom stereocenters. The van der Waals surface area contributed by atoms with Gasteiger partial charge in [0.25, 0.3) is 16.5 Å². The maximum Gasteiger partial charge on any atom is 0.293 e. The number of rotatable bonds is 14. The summed E-state index contributed by atoms with van der Waals surface area (Å²) < 4.78 is 45.8. The summed E-state index contributed by atoms with van der Waals surface area (Å²) in [7, 11) is -2.70. The third kappa shape index (κ3) is 6.60. The molecule has 0 aliphatic rings. The topological polar surface area (TPSA) is 127 Å². The average molecular weight is 470 g/mol. The van der Waals surface area contributed by atoms with Crippen molar-refractivity contribution in [3.05, 3.63) is 48.4 Å². The smallest absolute Gasteiger partial charge is 0.293 e. The second kappa shape index (κ2) is 12.3. The zero-order valence-corrected chi connectivity index (χ0v) is 18.8. The van der Waals surface area contributed by atoms with Crippen LogP contribution in [0.15, 0.2) is 47.6 Å². The lowest BCUT2D eigenvalue weighted by Crippen LogP contribution is -2.38. The molecule has 2 aromatic rings. The number of carbonyl (C=O) groups excluding carboxylic acids is 1. The van der Waals surface area contributed by atoms with Crippen LogP contribution in [-0.2, 0) is 24.4 Å². The Kier molecular flexibility index (Phi) is 9.78. The van der Waals surface area contributed by atoms with Crippen LogP contribution in [0, 0.1) is 5.82 Å². The number of anilines is 2. The fourth-order valence-electron chi connectivity index (χ4n) is 2.94. The second-order valence-electron chi connectivity index (χ2n) is 6.60. The van der Waals surface area contributed by atoms with Crippen molar-refractivity contribution < 1.29 is 27.2 Å². The number of nitrogens with two attached hydrogens (primary N) is 1. The molecule has 0 saturated carbocycles. The first-order valence-corrected chi connectivity index (χ1v) is 11.4. The first-order valence-electron chi connectivity index (χ1n) is 9.92. The summed E-state index contributed by atoms with van der Waals surface area (Å²) in [4.78, 5) is 21.1.